The summed E-state index contributed by atoms with van der Waals surface area (Å²) in [5.74, 6) is -0.448. The molecule has 1 unspecified atom stereocenters. The van der Waals surface area contributed by atoms with Gasteiger partial charge in [-0.15, -0.1) is 0 Å². The van der Waals surface area contributed by atoms with E-state index in [1.165, 1.54) is 11.6 Å². The Morgan fingerprint density at radius 3 is 2.63 bits per heavy atom. The summed E-state index contributed by atoms with van der Waals surface area (Å²) in [5.41, 5.74) is 2.77. The summed E-state index contributed by atoms with van der Waals surface area (Å²) in [5, 5.41) is 12.5. The summed E-state index contributed by atoms with van der Waals surface area (Å²) < 4.78 is 13.8. The number of benzene rings is 2. The molecule has 0 saturated heterocycles. The zero-order chi connectivity index (χ0) is 13.8. The zero-order valence-electron chi connectivity index (χ0n) is 11.2. The number of aromatic hydroxyl groups is 1. The summed E-state index contributed by atoms with van der Waals surface area (Å²) in [6, 6.07) is 12.1. The highest BCUT2D eigenvalue weighted by atomic mass is 19.1. The Balaban J connectivity index is 2.23. The largest absolute Gasteiger partial charge is 0.508 e. The lowest BCUT2D eigenvalue weighted by molar-refractivity contribution is 0.467. The van der Waals surface area contributed by atoms with Crippen LogP contribution in [-0.4, -0.2) is 5.11 Å². The summed E-state index contributed by atoms with van der Waals surface area (Å²) in [4.78, 5) is 0. The van der Waals surface area contributed by atoms with E-state index in [0.29, 0.717) is 5.56 Å². The Bertz CT molecular complexity index is 568. The number of nitrogens with one attached hydrogen (secondary N) is 1. The number of hydrogen-bond acceptors (Lipinski definition) is 2. The molecule has 0 aliphatic heterocycles. The van der Waals surface area contributed by atoms with Crippen molar-refractivity contribution in [3.05, 3.63) is 59.4 Å². The van der Waals surface area contributed by atoms with E-state index in [2.05, 4.69) is 18.3 Å². The van der Waals surface area contributed by atoms with Crippen molar-refractivity contribution >= 4 is 5.69 Å². The predicted molar refractivity (Wildman–Crippen MR) is 75.9 cm³/mol. The summed E-state index contributed by atoms with van der Waals surface area (Å²) in [6.45, 7) is 3.99. The van der Waals surface area contributed by atoms with Gasteiger partial charge in [-0.1, -0.05) is 31.2 Å². The molecule has 1 atom stereocenters. The molecule has 19 heavy (non-hydrogen) atoms. The monoisotopic (exact) mass is 259 g/mol. The molecule has 0 aliphatic rings. The topological polar surface area (TPSA) is 32.3 Å². The number of phenols is 1. The van der Waals surface area contributed by atoms with Gasteiger partial charge in [0.15, 0.2) is 0 Å². The van der Waals surface area contributed by atoms with E-state index in [9.17, 15) is 9.50 Å². The molecule has 0 saturated carbocycles. The number of halogens is 1. The van der Waals surface area contributed by atoms with Crippen LogP contribution < -0.4 is 5.32 Å². The number of rotatable bonds is 4. The van der Waals surface area contributed by atoms with Crippen LogP contribution in [0.25, 0.3) is 0 Å². The minimum atomic E-state index is -0.394. The van der Waals surface area contributed by atoms with Crippen molar-refractivity contribution in [1.29, 1.82) is 0 Å². The molecular formula is C16H18FNO. The Morgan fingerprint density at radius 2 is 1.95 bits per heavy atom. The molecule has 0 fully saturated rings. The van der Waals surface area contributed by atoms with Gasteiger partial charge in [0.25, 0.3) is 0 Å². The van der Waals surface area contributed by atoms with Crippen molar-refractivity contribution in [3.63, 3.8) is 0 Å². The van der Waals surface area contributed by atoms with E-state index >= 15 is 0 Å². The second-order valence-electron chi connectivity index (χ2n) is 4.58. The molecule has 0 radical (unpaired) electrons. The number of anilines is 1. The average molecular weight is 259 g/mol. The number of aryl methyl sites for hydroxylation is 1. The quantitative estimate of drug-likeness (QED) is 0.859. The maximum Gasteiger partial charge on any atom is 0.132 e. The highest BCUT2D eigenvalue weighted by Crippen LogP contribution is 2.26. The molecule has 2 nitrogen and oxygen atoms in total. The molecule has 2 aromatic carbocycles. The first-order chi connectivity index (χ1) is 9.11. The van der Waals surface area contributed by atoms with Gasteiger partial charge in [0, 0.05) is 17.3 Å². The normalized spacial score (nSPS) is 12.2. The van der Waals surface area contributed by atoms with E-state index < -0.39 is 5.82 Å². The van der Waals surface area contributed by atoms with Crippen molar-refractivity contribution in [2.45, 2.75) is 26.3 Å². The van der Waals surface area contributed by atoms with Gasteiger partial charge in [0.2, 0.25) is 0 Å². The van der Waals surface area contributed by atoms with Crippen LogP contribution in [-0.2, 0) is 6.42 Å². The first kappa shape index (κ1) is 13.4. The Morgan fingerprint density at radius 1 is 1.21 bits per heavy atom. The van der Waals surface area contributed by atoms with Crippen LogP contribution >= 0.6 is 0 Å². The molecule has 100 valence electrons. The van der Waals surface area contributed by atoms with Crippen molar-refractivity contribution in [1.82, 2.24) is 0 Å². The van der Waals surface area contributed by atoms with Gasteiger partial charge >= 0.3 is 0 Å². The number of phenolic OH excluding ortho intramolecular Hbond substituents is 1. The number of para-hydroxylation sites is 1. The lowest BCUT2D eigenvalue weighted by Gasteiger charge is -2.18. The second kappa shape index (κ2) is 5.74. The smallest absolute Gasteiger partial charge is 0.132 e. The molecule has 2 aromatic rings. The third kappa shape index (κ3) is 3.05. The Hall–Kier alpha value is -2.03. The highest BCUT2D eigenvalue weighted by molar-refractivity contribution is 5.52. The molecule has 3 heteroatoms. The van der Waals surface area contributed by atoms with Crippen LogP contribution in [0.1, 0.15) is 31.0 Å². The fourth-order valence-corrected chi connectivity index (χ4v) is 2.15. The zero-order valence-corrected chi connectivity index (χ0v) is 11.2. The molecule has 2 rings (SSSR count). The van der Waals surface area contributed by atoms with Crippen LogP contribution in [0.15, 0.2) is 42.5 Å². The van der Waals surface area contributed by atoms with Gasteiger partial charge in [-0.2, -0.15) is 0 Å². The summed E-state index contributed by atoms with van der Waals surface area (Å²) in [6.07, 6.45) is 0.925. The van der Waals surface area contributed by atoms with Gasteiger partial charge in [0.05, 0.1) is 6.04 Å². The first-order valence-corrected chi connectivity index (χ1v) is 6.44. The van der Waals surface area contributed by atoms with Crippen molar-refractivity contribution in [2.24, 2.45) is 0 Å². The molecular weight excluding hydrogens is 241 g/mol. The van der Waals surface area contributed by atoms with Crippen LogP contribution in [0, 0.1) is 5.82 Å². The van der Waals surface area contributed by atoms with Crippen molar-refractivity contribution < 1.29 is 9.50 Å². The minimum absolute atomic E-state index is 0.0533. The molecule has 0 amide bonds. The van der Waals surface area contributed by atoms with E-state index in [1.54, 1.807) is 6.07 Å². The van der Waals surface area contributed by atoms with Gasteiger partial charge < -0.3 is 10.4 Å². The second-order valence-corrected chi connectivity index (χ2v) is 4.58. The third-order valence-electron chi connectivity index (χ3n) is 3.22. The summed E-state index contributed by atoms with van der Waals surface area (Å²) >= 11 is 0. The van der Waals surface area contributed by atoms with Crippen LogP contribution in [0.2, 0.25) is 0 Å². The van der Waals surface area contributed by atoms with Gasteiger partial charge in [-0.25, -0.2) is 4.39 Å². The number of hydrogen-bond donors (Lipinski definition) is 2. The summed E-state index contributed by atoms with van der Waals surface area (Å²) in [7, 11) is 0. The highest BCUT2D eigenvalue weighted by Gasteiger charge is 2.12. The Kier molecular flexibility index (Phi) is 4.05. The van der Waals surface area contributed by atoms with Crippen LogP contribution in [0.4, 0.5) is 10.1 Å². The van der Waals surface area contributed by atoms with E-state index in [1.807, 2.05) is 25.1 Å². The van der Waals surface area contributed by atoms with Crippen LogP contribution in [0.3, 0.4) is 0 Å². The fourth-order valence-electron chi connectivity index (χ4n) is 2.15. The minimum Gasteiger partial charge on any atom is -0.508 e. The molecule has 0 heterocycles. The fraction of sp³-hybridized carbons (Fsp3) is 0.250. The standard InChI is InChI=1S/C16H18FNO/c1-3-12-6-4-5-7-16(12)18-11(2)14-9-8-13(19)10-15(14)17/h4-11,18-19H,3H2,1-2H3. The molecule has 0 aromatic heterocycles. The van der Waals surface area contributed by atoms with Gasteiger partial charge in [-0.05, 0) is 31.0 Å². The lowest BCUT2D eigenvalue weighted by Crippen LogP contribution is -2.09. The predicted octanol–water partition coefficient (Wildman–Crippen LogP) is 4.27. The molecule has 0 bridgehead atoms. The lowest BCUT2D eigenvalue weighted by atomic mass is 10.1. The van der Waals surface area contributed by atoms with Crippen LogP contribution in [0.5, 0.6) is 5.75 Å². The molecule has 0 spiro atoms. The molecule has 0 aliphatic carbocycles. The average Bonchev–Trinajstić information content (AvgIpc) is 2.39. The first-order valence-electron chi connectivity index (χ1n) is 6.44. The van der Waals surface area contributed by atoms with E-state index in [0.717, 1.165) is 18.2 Å². The maximum atomic E-state index is 13.8. The Labute approximate surface area is 112 Å². The maximum absolute atomic E-state index is 13.8. The third-order valence-corrected chi connectivity index (χ3v) is 3.22. The van der Waals surface area contributed by atoms with Gasteiger partial charge in [0.1, 0.15) is 11.6 Å². The van der Waals surface area contributed by atoms with Crippen molar-refractivity contribution in [2.75, 3.05) is 5.32 Å². The van der Waals surface area contributed by atoms with Crippen molar-refractivity contribution in [3.8, 4) is 5.75 Å². The van der Waals surface area contributed by atoms with Gasteiger partial charge in [-0.3, -0.25) is 0 Å². The van der Waals surface area contributed by atoms with E-state index in [4.69, 9.17) is 0 Å². The SMILES string of the molecule is CCc1ccccc1NC(C)c1ccc(O)cc1F. The van der Waals surface area contributed by atoms with E-state index in [-0.39, 0.29) is 11.8 Å². The molecule has 2 N–H and O–H groups in total.